The second-order valence-electron chi connectivity index (χ2n) is 3.69. The molecule has 1 aliphatic carbocycles. The molecule has 0 bridgehead atoms. The smallest absolute Gasteiger partial charge is 0.304 e. The number of nitrogens with one attached hydrogen (secondary N) is 1. The van der Waals surface area contributed by atoms with Crippen molar-refractivity contribution >= 4 is 5.97 Å². The highest BCUT2D eigenvalue weighted by Gasteiger charge is 2.20. The van der Waals surface area contributed by atoms with Crippen LogP contribution < -0.4 is 5.32 Å². The Kier molecular flexibility index (Phi) is 3.53. The van der Waals surface area contributed by atoms with Gasteiger partial charge in [-0.25, -0.2) is 0 Å². The Morgan fingerprint density at radius 2 is 2.33 bits per heavy atom. The Hall–Kier alpha value is -0.570. The van der Waals surface area contributed by atoms with Gasteiger partial charge in [0, 0.05) is 6.04 Å². The van der Waals surface area contributed by atoms with Gasteiger partial charge in [-0.15, -0.1) is 0 Å². The zero-order valence-electron chi connectivity index (χ0n) is 7.55. The molecule has 3 heteroatoms. The largest absolute Gasteiger partial charge is 0.481 e. The molecule has 12 heavy (non-hydrogen) atoms. The molecule has 0 aliphatic heterocycles. The lowest BCUT2D eigenvalue weighted by Gasteiger charge is -2.10. The molecule has 1 unspecified atom stereocenters. The maximum absolute atomic E-state index is 10.3. The highest BCUT2D eigenvalue weighted by Crippen LogP contribution is 2.31. The number of carbonyl (C=O) groups is 1. The van der Waals surface area contributed by atoms with Gasteiger partial charge in [-0.1, -0.05) is 12.8 Å². The van der Waals surface area contributed by atoms with E-state index in [2.05, 4.69) is 5.32 Å². The second kappa shape index (κ2) is 4.45. The van der Waals surface area contributed by atoms with E-state index in [0.717, 1.165) is 12.5 Å². The van der Waals surface area contributed by atoms with E-state index in [1.165, 1.54) is 19.3 Å². The predicted octanol–water partition coefficient (Wildman–Crippen LogP) is 1.24. The van der Waals surface area contributed by atoms with Crippen molar-refractivity contribution < 1.29 is 9.90 Å². The van der Waals surface area contributed by atoms with Crippen molar-refractivity contribution in [1.29, 1.82) is 0 Å². The van der Waals surface area contributed by atoms with Gasteiger partial charge in [-0.2, -0.15) is 0 Å². The number of carboxylic acids is 1. The van der Waals surface area contributed by atoms with E-state index in [9.17, 15) is 4.79 Å². The Morgan fingerprint density at radius 3 is 2.83 bits per heavy atom. The summed E-state index contributed by atoms with van der Waals surface area (Å²) in [4.78, 5) is 10.3. The molecule has 0 amide bonds. The maximum atomic E-state index is 10.3. The molecule has 0 heterocycles. The molecule has 0 saturated heterocycles. The fourth-order valence-corrected chi connectivity index (χ4v) is 1.27. The molecule has 0 aromatic rings. The van der Waals surface area contributed by atoms with Gasteiger partial charge in [0.05, 0.1) is 6.42 Å². The van der Waals surface area contributed by atoms with Crippen molar-refractivity contribution in [3.8, 4) is 0 Å². The molecule has 1 saturated carbocycles. The summed E-state index contributed by atoms with van der Waals surface area (Å²) in [6, 6.07) is 0.112. The van der Waals surface area contributed by atoms with Gasteiger partial charge in [0.1, 0.15) is 0 Å². The first-order valence-electron chi connectivity index (χ1n) is 4.63. The summed E-state index contributed by atoms with van der Waals surface area (Å²) in [7, 11) is 0. The van der Waals surface area contributed by atoms with Crippen LogP contribution in [0.15, 0.2) is 0 Å². The van der Waals surface area contributed by atoms with Crippen LogP contribution >= 0.6 is 0 Å². The predicted molar refractivity (Wildman–Crippen MR) is 47.1 cm³/mol. The third-order valence-corrected chi connectivity index (χ3v) is 2.22. The summed E-state index contributed by atoms with van der Waals surface area (Å²) in [6.45, 7) is 2.89. The first-order chi connectivity index (χ1) is 5.68. The maximum Gasteiger partial charge on any atom is 0.304 e. The van der Waals surface area contributed by atoms with Gasteiger partial charge < -0.3 is 10.4 Å². The van der Waals surface area contributed by atoms with Crippen molar-refractivity contribution in [2.75, 3.05) is 6.54 Å². The SMILES string of the molecule is CC(CC(=O)O)NCCC1CC1. The zero-order chi connectivity index (χ0) is 8.97. The van der Waals surface area contributed by atoms with Crippen LogP contribution in [-0.2, 0) is 4.79 Å². The minimum atomic E-state index is -0.721. The van der Waals surface area contributed by atoms with Gasteiger partial charge in [0.15, 0.2) is 0 Å². The van der Waals surface area contributed by atoms with Crippen LogP contribution in [0.4, 0.5) is 0 Å². The number of rotatable bonds is 6. The lowest BCUT2D eigenvalue weighted by molar-refractivity contribution is -0.137. The topological polar surface area (TPSA) is 49.3 Å². The van der Waals surface area contributed by atoms with Gasteiger partial charge in [-0.3, -0.25) is 4.79 Å². The van der Waals surface area contributed by atoms with Crippen molar-refractivity contribution in [3.63, 3.8) is 0 Å². The van der Waals surface area contributed by atoms with Gasteiger partial charge in [-0.05, 0) is 25.8 Å². The fraction of sp³-hybridized carbons (Fsp3) is 0.889. The van der Waals surface area contributed by atoms with Crippen molar-refractivity contribution in [1.82, 2.24) is 5.32 Å². The van der Waals surface area contributed by atoms with Crippen LogP contribution in [0.2, 0.25) is 0 Å². The average molecular weight is 171 g/mol. The molecule has 0 radical (unpaired) electrons. The molecule has 2 N–H and O–H groups in total. The molecule has 1 aliphatic rings. The first kappa shape index (κ1) is 9.52. The van der Waals surface area contributed by atoms with Crippen molar-refractivity contribution in [3.05, 3.63) is 0 Å². The lowest BCUT2D eigenvalue weighted by atomic mass is 10.2. The third-order valence-electron chi connectivity index (χ3n) is 2.22. The standard InChI is InChI=1S/C9H17NO2/c1-7(6-9(11)12)10-5-4-8-2-3-8/h7-8,10H,2-6H2,1H3,(H,11,12). The van der Waals surface area contributed by atoms with Crippen molar-refractivity contribution in [2.45, 2.75) is 38.6 Å². The summed E-state index contributed by atoms with van der Waals surface area (Å²) >= 11 is 0. The molecular weight excluding hydrogens is 154 g/mol. The van der Waals surface area contributed by atoms with E-state index in [1.807, 2.05) is 6.92 Å². The fourth-order valence-electron chi connectivity index (χ4n) is 1.27. The first-order valence-corrected chi connectivity index (χ1v) is 4.63. The van der Waals surface area contributed by atoms with E-state index in [-0.39, 0.29) is 12.5 Å². The Balaban J connectivity index is 1.93. The summed E-state index contributed by atoms with van der Waals surface area (Å²) in [5.74, 6) is 0.205. The quantitative estimate of drug-likeness (QED) is 0.632. The van der Waals surface area contributed by atoms with Crippen LogP contribution in [0.1, 0.15) is 32.6 Å². The lowest BCUT2D eigenvalue weighted by Crippen LogP contribution is -2.29. The van der Waals surface area contributed by atoms with Gasteiger partial charge in [0.2, 0.25) is 0 Å². The molecule has 3 nitrogen and oxygen atoms in total. The molecular formula is C9H17NO2. The number of aliphatic carboxylic acids is 1. The van der Waals surface area contributed by atoms with Crippen LogP contribution in [0.5, 0.6) is 0 Å². The minimum absolute atomic E-state index is 0.112. The van der Waals surface area contributed by atoms with E-state index < -0.39 is 5.97 Å². The van der Waals surface area contributed by atoms with Crippen LogP contribution in [0.25, 0.3) is 0 Å². The molecule has 1 fully saturated rings. The Morgan fingerprint density at radius 1 is 1.67 bits per heavy atom. The monoisotopic (exact) mass is 171 g/mol. The van der Waals surface area contributed by atoms with E-state index in [1.54, 1.807) is 0 Å². The molecule has 1 atom stereocenters. The molecule has 1 rings (SSSR count). The normalized spacial score (nSPS) is 19.1. The average Bonchev–Trinajstić information content (AvgIpc) is 2.69. The Labute approximate surface area is 73.2 Å². The number of hydrogen-bond acceptors (Lipinski definition) is 2. The third kappa shape index (κ3) is 4.34. The molecule has 0 spiro atoms. The summed E-state index contributed by atoms with van der Waals surface area (Å²) < 4.78 is 0. The van der Waals surface area contributed by atoms with Crippen molar-refractivity contribution in [2.24, 2.45) is 5.92 Å². The van der Waals surface area contributed by atoms with E-state index in [4.69, 9.17) is 5.11 Å². The highest BCUT2D eigenvalue weighted by atomic mass is 16.4. The molecule has 0 aromatic heterocycles. The minimum Gasteiger partial charge on any atom is -0.481 e. The van der Waals surface area contributed by atoms with E-state index >= 15 is 0 Å². The summed E-state index contributed by atoms with van der Waals surface area (Å²) in [6.07, 6.45) is 4.18. The highest BCUT2D eigenvalue weighted by molar-refractivity contribution is 5.67. The number of hydrogen-bond donors (Lipinski definition) is 2. The molecule has 70 valence electrons. The summed E-state index contributed by atoms with van der Waals surface area (Å²) in [5.41, 5.74) is 0. The van der Waals surface area contributed by atoms with Crippen LogP contribution in [0.3, 0.4) is 0 Å². The van der Waals surface area contributed by atoms with Crippen LogP contribution in [-0.4, -0.2) is 23.7 Å². The van der Waals surface area contributed by atoms with E-state index in [0.29, 0.717) is 0 Å². The zero-order valence-corrected chi connectivity index (χ0v) is 7.55. The Bertz CT molecular complexity index is 155. The second-order valence-corrected chi connectivity index (χ2v) is 3.69. The number of carboxylic acid groups (broad SMARTS) is 1. The van der Waals surface area contributed by atoms with Gasteiger partial charge in [0.25, 0.3) is 0 Å². The van der Waals surface area contributed by atoms with Gasteiger partial charge >= 0.3 is 5.97 Å². The van der Waals surface area contributed by atoms with Crippen LogP contribution in [0, 0.1) is 5.92 Å². The molecule has 0 aromatic carbocycles. The summed E-state index contributed by atoms with van der Waals surface area (Å²) in [5, 5.41) is 11.7.